The van der Waals surface area contributed by atoms with Crippen LogP contribution in [-0.4, -0.2) is 25.9 Å². The van der Waals surface area contributed by atoms with E-state index in [2.05, 4.69) is 0 Å². The van der Waals surface area contributed by atoms with Gasteiger partial charge in [0.1, 0.15) is 20.2 Å². The van der Waals surface area contributed by atoms with Crippen molar-refractivity contribution in [3.63, 3.8) is 0 Å². The zero-order valence-electron chi connectivity index (χ0n) is 9.58. The van der Waals surface area contributed by atoms with E-state index in [0.29, 0.717) is 6.07 Å². The van der Waals surface area contributed by atoms with Gasteiger partial charge in [-0.1, -0.05) is 0 Å². The van der Waals surface area contributed by atoms with Gasteiger partial charge >= 0.3 is 59.1 Å². The molecule has 0 radical (unpaired) electrons. The second-order valence-electron chi connectivity index (χ2n) is 2.80. The van der Waals surface area contributed by atoms with Gasteiger partial charge in [-0.05, 0) is 12.1 Å². The van der Waals surface area contributed by atoms with Crippen LogP contribution in [-0.2, 0) is 20.2 Å². The minimum atomic E-state index is -5.20. The van der Waals surface area contributed by atoms with Crippen molar-refractivity contribution in [3.05, 3.63) is 12.1 Å². The third-order valence-electron chi connectivity index (χ3n) is 1.71. The Hall–Kier alpha value is 0.640. The molecule has 0 amide bonds. The molecule has 1 aromatic rings. The average Bonchev–Trinajstić information content (AvgIpc) is 2.05. The Kier molecular flexibility index (Phi) is 8.01. The molecule has 0 saturated carbocycles. The second-order valence-corrected chi connectivity index (χ2v) is 5.47. The molecule has 12 heteroatoms. The smallest absolute Gasteiger partial charge is 0.744 e. The maximum absolute atomic E-state index is 10.8. The first kappa shape index (κ1) is 20.9. The SMILES string of the molecule is Nc1ccc(S(=O)(=O)[O-])c(S(=O)(=O)[O-])c1N.[Na+].[Na+]. The minimum absolute atomic E-state index is 0. The van der Waals surface area contributed by atoms with Gasteiger partial charge in [0, 0.05) is 0 Å². The van der Waals surface area contributed by atoms with Crippen LogP contribution in [0.25, 0.3) is 0 Å². The van der Waals surface area contributed by atoms with Crippen LogP contribution in [0.3, 0.4) is 0 Å². The topological polar surface area (TPSA) is 166 Å². The summed E-state index contributed by atoms with van der Waals surface area (Å²) in [5.74, 6) is 0. The summed E-state index contributed by atoms with van der Waals surface area (Å²) in [6.45, 7) is 0. The van der Waals surface area contributed by atoms with Gasteiger partial charge in [-0.15, -0.1) is 0 Å². The van der Waals surface area contributed by atoms with Gasteiger partial charge < -0.3 is 20.6 Å². The fraction of sp³-hybridized carbons (Fsp3) is 0. The van der Waals surface area contributed by atoms with Crippen molar-refractivity contribution >= 4 is 31.6 Å². The number of benzene rings is 1. The molecule has 0 aromatic heterocycles. The molecule has 0 atom stereocenters. The molecule has 8 nitrogen and oxygen atoms in total. The number of nitrogens with two attached hydrogens (primary N) is 2. The Morgan fingerprint density at radius 3 is 1.67 bits per heavy atom. The Balaban J connectivity index is 0. The van der Waals surface area contributed by atoms with Crippen molar-refractivity contribution in [2.75, 3.05) is 11.5 Å². The van der Waals surface area contributed by atoms with E-state index in [9.17, 15) is 25.9 Å². The predicted molar refractivity (Wildman–Crippen MR) is 51.2 cm³/mol. The molecular weight excluding hydrogens is 306 g/mol. The summed E-state index contributed by atoms with van der Waals surface area (Å²) in [5, 5.41) is 0. The van der Waals surface area contributed by atoms with E-state index >= 15 is 0 Å². The summed E-state index contributed by atoms with van der Waals surface area (Å²) in [5.41, 5.74) is 9.32. The molecule has 1 rings (SSSR count). The van der Waals surface area contributed by atoms with Crippen LogP contribution < -0.4 is 70.6 Å². The van der Waals surface area contributed by atoms with Gasteiger partial charge in [0.2, 0.25) is 0 Å². The van der Waals surface area contributed by atoms with E-state index in [1.54, 1.807) is 0 Å². The predicted octanol–water partition coefficient (Wildman–Crippen LogP) is -7.33. The molecule has 1 aromatic carbocycles. The van der Waals surface area contributed by atoms with Crippen LogP contribution in [0.1, 0.15) is 0 Å². The largest absolute Gasteiger partial charge is 1.00 e. The molecule has 0 aliphatic heterocycles. The third-order valence-corrected chi connectivity index (χ3v) is 3.66. The van der Waals surface area contributed by atoms with Crippen LogP contribution in [0.15, 0.2) is 21.9 Å². The first-order chi connectivity index (χ1) is 7.05. The summed E-state index contributed by atoms with van der Waals surface area (Å²) in [7, 11) is -10.3. The van der Waals surface area contributed by atoms with Crippen LogP contribution in [0.4, 0.5) is 11.4 Å². The van der Waals surface area contributed by atoms with Gasteiger partial charge in [-0.3, -0.25) is 0 Å². The van der Waals surface area contributed by atoms with Crippen molar-refractivity contribution in [1.29, 1.82) is 0 Å². The fourth-order valence-corrected chi connectivity index (χ4v) is 2.94. The number of anilines is 2. The summed E-state index contributed by atoms with van der Waals surface area (Å²) in [6, 6.07) is 1.55. The zero-order chi connectivity index (χ0) is 12.7. The van der Waals surface area contributed by atoms with Gasteiger partial charge in [0.25, 0.3) is 0 Å². The number of rotatable bonds is 2. The summed E-state index contributed by atoms with van der Waals surface area (Å²) >= 11 is 0. The van der Waals surface area contributed by atoms with Crippen molar-refractivity contribution in [2.24, 2.45) is 0 Å². The first-order valence-electron chi connectivity index (χ1n) is 3.65. The van der Waals surface area contributed by atoms with Crippen molar-refractivity contribution < 1.29 is 85.1 Å². The number of hydrogen-bond acceptors (Lipinski definition) is 8. The standard InChI is InChI=1S/C6H8N2O6S2.2Na/c7-3-1-2-4(15(9,10)11)6(5(3)8)16(12,13)14;;/h1-2H,7-8H2,(H,9,10,11)(H,12,13,14);;/q;2*+1/p-2. The molecule has 0 unspecified atom stereocenters. The summed E-state index contributed by atoms with van der Waals surface area (Å²) in [4.78, 5) is -2.50. The van der Waals surface area contributed by atoms with E-state index in [-0.39, 0.29) is 64.8 Å². The first-order valence-corrected chi connectivity index (χ1v) is 6.46. The second kappa shape index (κ2) is 6.88. The van der Waals surface area contributed by atoms with E-state index < -0.39 is 35.7 Å². The van der Waals surface area contributed by atoms with Crippen molar-refractivity contribution in [1.82, 2.24) is 0 Å². The zero-order valence-corrected chi connectivity index (χ0v) is 15.2. The molecular formula is C6H6N2Na2O6S2. The molecule has 0 heterocycles. The normalized spacial score (nSPS) is 11.2. The molecule has 0 saturated heterocycles. The number of hydrogen-bond donors (Lipinski definition) is 2. The Bertz CT molecular complexity index is 642. The minimum Gasteiger partial charge on any atom is -0.744 e. The maximum atomic E-state index is 10.8. The van der Waals surface area contributed by atoms with E-state index in [1.807, 2.05) is 0 Å². The van der Waals surface area contributed by atoms with E-state index in [4.69, 9.17) is 11.5 Å². The third kappa shape index (κ3) is 4.63. The molecule has 0 bridgehead atoms. The quantitative estimate of drug-likeness (QED) is 0.308. The van der Waals surface area contributed by atoms with E-state index in [0.717, 1.165) is 6.07 Å². The molecule has 0 spiro atoms. The summed E-state index contributed by atoms with van der Waals surface area (Å²) < 4.78 is 64.5. The number of nitrogen functional groups attached to an aromatic ring is 2. The van der Waals surface area contributed by atoms with Crippen molar-refractivity contribution in [2.45, 2.75) is 9.79 Å². The van der Waals surface area contributed by atoms with Crippen LogP contribution in [0, 0.1) is 0 Å². The monoisotopic (exact) mass is 312 g/mol. The Labute approximate surface area is 148 Å². The molecule has 0 aliphatic carbocycles. The molecule has 0 fully saturated rings. The molecule has 4 N–H and O–H groups in total. The summed E-state index contributed by atoms with van der Waals surface area (Å²) in [6.07, 6.45) is 0. The Morgan fingerprint density at radius 1 is 0.889 bits per heavy atom. The van der Waals surface area contributed by atoms with Crippen LogP contribution in [0.2, 0.25) is 0 Å². The maximum Gasteiger partial charge on any atom is 1.00 e. The van der Waals surface area contributed by atoms with E-state index in [1.165, 1.54) is 0 Å². The van der Waals surface area contributed by atoms with Gasteiger partial charge in [0.05, 0.1) is 21.2 Å². The fourth-order valence-electron chi connectivity index (χ4n) is 1.05. The molecule has 0 aliphatic rings. The Morgan fingerprint density at radius 2 is 1.33 bits per heavy atom. The van der Waals surface area contributed by atoms with Crippen LogP contribution in [0.5, 0.6) is 0 Å². The van der Waals surface area contributed by atoms with Gasteiger partial charge in [-0.25, -0.2) is 16.8 Å². The van der Waals surface area contributed by atoms with Crippen LogP contribution >= 0.6 is 0 Å². The van der Waals surface area contributed by atoms with Crippen molar-refractivity contribution in [3.8, 4) is 0 Å². The van der Waals surface area contributed by atoms with Gasteiger partial charge in [-0.2, -0.15) is 0 Å². The molecule has 90 valence electrons. The average molecular weight is 312 g/mol. The van der Waals surface area contributed by atoms with Gasteiger partial charge in [0.15, 0.2) is 0 Å². The molecule has 18 heavy (non-hydrogen) atoms.